The van der Waals surface area contributed by atoms with Gasteiger partial charge in [0.2, 0.25) is 0 Å². The Morgan fingerprint density at radius 2 is 1.80 bits per heavy atom. The molecule has 2 aromatic rings. The summed E-state index contributed by atoms with van der Waals surface area (Å²) in [5.74, 6) is 0.742. The van der Waals surface area contributed by atoms with E-state index in [4.69, 9.17) is 11.6 Å². The minimum absolute atomic E-state index is 0.261. The van der Waals surface area contributed by atoms with E-state index in [-0.39, 0.29) is 5.91 Å². The number of hydrogen-bond acceptors (Lipinski definition) is 4. The largest absolute Gasteiger partial charge is 0.365 e. The van der Waals surface area contributed by atoms with Crippen LogP contribution in [0.4, 0.5) is 11.6 Å². The summed E-state index contributed by atoms with van der Waals surface area (Å²) < 4.78 is 0. The average molecular weight is 289 g/mol. The third-order valence-electron chi connectivity index (χ3n) is 2.44. The van der Waals surface area contributed by atoms with Crippen LogP contribution in [-0.2, 0) is 0 Å². The first kappa shape index (κ1) is 14.0. The van der Waals surface area contributed by atoms with E-state index in [0.29, 0.717) is 28.8 Å². The number of aromatic nitrogens is 2. The molecule has 5 nitrogen and oxygen atoms in total. The first-order chi connectivity index (χ1) is 9.69. The summed E-state index contributed by atoms with van der Waals surface area (Å²) >= 11 is 5.77. The monoisotopic (exact) mass is 288 g/mol. The zero-order valence-electron chi connectivity index (χ0n) is 10.6. The number of carbonyl (C=O) groups is 1. The van der Waals surface area contributed by atoms with Gasteiger partial charge >= 0.3 is 0 Å². The standard InChI is InChI=1S/C14H13ClN4O/c1-2-9-16-12-7-8-13(19-18-12)17-14(20)10-3-5-11(15)6-4-10/h2-8H,1,9H2,(H,16,18)(H,17,19,20). The second-order valence-corrected chi connectivity index (χ2v) is 4.37. The molecular weight excluding hydrogens is 276 g/mol. The van der Waals surface area contributed by atoms with Gasteiger partial charge in [-0.3, -0.25) is 4.79 Å². The molecule has 102 valence electrons. The first-order valence-electron chi connectivity index (χ1n) is 5.94. The molecule has 0 unspecified atom stereocenters. The predicted molar refractivity (Wildman–Crippen MR) is 80.1 cm³/mol. The molecule has 2 N–H and O–H groups in total. The Kier molecular flexibility index (Phi) is 4.68. The highest BCUT2D eigenvalue weighted by molar-refractivity contribution is 6.30. The number of amides is 1. The molecule has 1 amide bonds. The Labute approximate surface area is 121 Å². The van der Waals surface area contributed by atoms with Crippen LogP contribution in [0.1, 0.15) is 10.4 Å². The number of carbonyl (C=O) groups excluding carboxylic acids is 1. The quantitative estimate of drug-likeness (QED) is 0.830. The van der Waals surface area contributed by atoms with Crippen LogP contribution in [0, 0.1) is 0 Å². The van der Waals surface area contributed by atoms with Gasteiger partial charge in [-0.05, 0) is 36.4 Å². The zero-order valence-corrected chi connectivity index (χ0v) is 11.4. The smallest absolute Gasteiger partial charge is 0.256 e. The average Bonchev–Trinajstić information content (AvgIpc) is 2.47. The molecule has 0 atom stereocenters. The van der Waals surface area contributed by atoms with E-state index in [9.17, 15) is 4.79 Å². The summed E-state index contributed by atoms with van der Waals surface area (Å²) in [5.41, 5.74) is 0.505. The van der Waals surface area contributed by atoms with E-state index >= 15 is 0 Å². The van der Waals surface area contributed by atoms with Crippen molar-refractivity contribution in [3.05, 3.63) is 59.6 Å². The highest BCUT2D eigenvalue weighted by atomic mass is 35.5. The molecule has 0 aliphatic carbocycles. The SMILES string of the molecule is C=CCNc1ccc(NC(=O)c2ccc(Cl)cc2)nn1. The molecule has 0 radical (unpaired) electrons. The minimum atomic E-state index is -0.261. The fourth-order valence-electron chi connectivity index (χ4n) is 1.46. The topological polar surface area (TPSA) is 66.9 Å². The van der Waals surface area contributed by atoms with Gasteiger partial charge in [-0.15, -0.1) is 16.8 Å². The number of halogens is 1. The molecule has 0 saturated heterocycles. The summed E-state index contributed by atoms with van der Waals surface area (Å²) in [7, 11) is 0. The maximum Gasteiger partial charge on any atom is 0.256 e. The highest BCUT2D eigenvalue weighted by Gasteiger charge is 2.06. The molecule has 0 aliphatic rings. The number of rotatable bonds is 5. The Morgan fingerprint density at radius 3 is 2.40 bits per heavy atom. The molecule has 1 aromatic heterocycles. The molecular formula is C14H13ClN4O. The van der Waals surface area contributed by atoms with Gasteiger partial charge < -0.3 is 10.6 Å². The van der Waals surface area contributed by atoms with E-state index in [1.807, 2.05) is 0 Å². The lowest BCUT2D eigenvalue weighted by Crippen LogP contribution is -2.13. The molecule has 0 spiro atoms. The summed E-state index contributed by atoms with van der Waals surface area (Å²) in [5, 5.41) is 14.1. The Hall–Kier alpha value is -2.40. The van der Waals surface area contributed by atoms with Crippen molar-refractivity contribution in [1.29, 1.82) is 0 Å². The van der Waals surface area contributed by atoms with E-state index in [0.717, 1.165) is 0 Å². The van der Waals surface area contributed by atoms with Gasteiger partial charge in [0.1, 0.15) is 5.82 Å². The maximum atomic E-state index is 11.9. The van der Waals surface area contributed by atoms with Crippen molar-refractivity contribution in [3.63, 3.8) is 0 Å². The van der Waals surface area contributed by atoms with Gasteiger partial charge in [-0.1, -0.05) is 17.7 Å². The molecule has 0 saturated carbocycles. The van der Waals surface area contributed by atoms with Crippen LogP contribution in [0.2, 0.25) is 5.02 Å². The van der Waals surface area contributed by atoms with E-state index < -0.39 is 0 Å². The molecule has 0 fully saturated rings. The van der Waals surface area contributed by atoms with Crippen molar-refractivity contribution >= 4 is 29.1 Å². The lowest BCUT2D eigenvalue weighted by atomic mass is 10.2. The van der Waals surface area contributed by atoms with Crippen molar-refractivity contribution < 1.29 is 4.79 Å². The fraction of sp³-hybridized carbons (Fsp3) is 0.0714. The normalized spacial score (nSPS) is 9.85. The van der Waals surface area contributed by atoms with Crippen molar-refractivity contribution in [2.75, 3.05) is 17.2 Å². The van der Waals surface area contributed by atoms with E-state index in [2.05, 4.69) is 27.4 Å². The number of nitrogens with zero attached hydrogens (tertiary/aromatic N) is 2. The molecule has 0 aliphatic heterocycles. The van der Waals surface area contributed by atoms with Crippen LogP contribution >= 0.6 is 11.6 Å². The van der Waals surface area contributed by atoms with Crippen LogP contribution in [-0.4, -0.2) is 22.6 Å². The van der Waals surface area contributed by atoms with Gasteiger partial charge in [-0.25, -0.2) is 0 Å². The molecule has 0 bridgehead atoms. The molecule has 6 heteroatoms. The summed E-state index contributed by atoms with van der Waals surface area (Å²) in [6.07, 6.45) is 1.72. The van der Waals surface area contributed by atoms with Gasteiger partial charge in [0, 0.05) is 17.1 Å². The molecule has 20 heavy (non-hydrogen) atoms. The molecule has 1 heterocycles. The van der Waals surface area contributed by atoms with Crippen molar-refractivity contribution in [3.8, 4) is 0 Å². The Balaban J connectivity index is 2.00. The highest BCUT2D eigenvalue weighted by Crippen LogP contribution is 2.12. The second-order valence-electron chi connectivity index (χ2n) is 3.93. The van der Waals surface area contributed by atoms with Crippen molar-refractivity contribution in [1.82, 2.24) is 10.2 Å². The number of benzene rings is 1. The maximum absolute atomic E-state index is 11.9. The van der Waals surface area contributed by atoms with Crippen LogP contribution in [0.3, 0.4) is 0 Å². The first-order valence-corrected chi connectivity index (χ1v) is 6.32. The van der Waals surface area contributed by atoms with Crippen molar-refractivity contribution in [2.45, 2.75) is 0 Å². The third-order valence-corrected chi connectivity index (χ3v) is 2.69. The van der Waals surface area contributed by atoms with Crippen LogP contribution in [0.25, 0.3) is 0 Å². The van der Waals surface area contributed by atoms with Gasteiger partial charge in [-0.2, -0.15) is 0 Å². The van der Waals surface area contributed by atoms with Crippen molar-refractivity contribution in [2.24, 2.45) is 0 Å². The van der Waals surface area contributed by atoms with Gasteiger partial charge in [0.05, 0.1) is 0 Å². The zero-order chi connectivity index (χ0) is 14.4. The predicted octanol–water partition coefficient (Wildman–Crippen LogP) is 2.98. The minimum Gasteiger partial charge on any atom is -0.365 e. The second kappa shape index (κ2) is 6.68. The van der Waals surface area contributed by atoms with Crippen LogP contribution < -0.4 is 10.6 Å². The van der Waals surface area contributed by atoms with E-state index in [1.54, 1.807) is 42.5 Å². The molecule has 1 aromatic carbocycles. The summed E-state index contributed by atoms with van der Waals surface area (Å²) in [6.45, 7) is 4.20. The van der Waals surface area contributed by atoms with Crippen LogP contribution in [0.15, 0.2) is 49.1 Å². The summed E-state index contributed by atoms with van der Waals surface area (Å²) in [4.78, 5) is 11.9. The Bertz CT molecular complexity index is 596. The fourth-order valence-corrected chi connectivity index (χ4v) is 1.59. The van der Waals surface area contributed by atoms with E-state index in [1.165, 1.54) is 0 Å². The van der Waals surface area contributed by atoms with Gasteiger partial charge in [0.15, 0.2) is 5.82 Å². The number of anilines is 2. The number of nitrogens with one attached hydrogen (secondary N) is 2. The number of hydrogen-bond donors (Lipinski definition) is 2. The Morgan fingerprint density at radius 1 is 1.15 bits per heavy atom. The van der Waals surface area contributed by atoms with Crippen LogP contribution in [0.5, 0.6) is 0 Å². The lowest BCUT2D eigenvalue weighted by Gasteiger charge is -2.05. The lowest BCUT2D eigenvalue weighted by molar-refractivity contribution is 0.102. The van der Waals surface area contributed by atoms with Gasteiger partial charge in [0.25, 0.3) is 5.91 Å². The summed E-state index contributed by atoms with van der Waals surface area (Å²) in [6, 6.07) is 10.0. The third kappa shape index (κ3) is 3.80. The molecule has 2 rings (SSSR count).